The third kappa shape index (κ3) is 4.85. The van der Waals surface area contributed by atoms with Crippen molar-refractivity contribution < 1.29 is 39.7 Å². The molecule has 0 radical (unpaired) electrons. The van der Waals surface area contributed by atoms with Crippen LogP contribution < -0.4 is 0 Å². The molecule has 0 spiro atoms. The van der Waals surface area contributed by atoms with Crippen LogP contribution in [0, 0.1) is 17.7 Å². The van der Waals surface area contributed by atoms with Gasteiger partial charge in [-0.05, 0) is 35.0 Å². The van der Waals surface area contributed by atoms with Gasteiger partial charge in [0, 0.05) is 32.7 Å². The fourth-order valence-electron chi connectivity index (χ4n) is 4.45. The minimum atomic E-state index is -1.16. The maximum Gasteiger partial charge on any atom is 0.354 e. The maximum atomic E-state index is 14.7. The molecule has 0 bridgehead atoms. The predicted molar refractivity (Wildman–Crippen MR) is 131 cm³/mol. The Hall–Kier alpha value is -4.02. The first-order valence-corrected chi connectivity index (χ1v) is 11.2. The zero-order valence-corrected chi connectivity index (χ0v) is 21.5. The van der Waals surface area contributed by atoms with Gasteiger partial charge in [0.2, 0.25) is 0 Å². The Morgan fingerprint density at radius 3 is 1.89 bits per heavy atom. The minimum Gasteiger partial charge on any atom is -0.477 e. The number of carboxylic acid groups (broad SMARTS) is 1. The SMILES string of the molecule is O=C(O)c1cccc(C(c2ccccc2)(c2ccccc2)c2cccc(-c3[c-]cc(F)cc3F)n2)n1.[Pt]. The van der Waals surface area contributed by atoms with Gasteiger partial charge in [-0.15, -0.1) is 12.1 Å². The molecule has 0 aliphatic heterocycles. The van der Waals surface area contributed by atoms with Crippen molar-refractivity contribution in [2.45, 2.75) is 5.41 Å². The van der Waals surface area contributed by atoms with Crippen molar-refractivity contribution in [3.05, 3.63) is 155 Å². The summed E-state index contributed by atoms with van der Waals surface area (Å²) >= 11 is 0. The summed E-state index contributed by atoms with van der Waals surface area (Å²) in [6, 6.07) is 33.4. The molecule has 0 atom stereocenters. The third-order valence-electron chi connectivity index (χ3n) is 6.01. The van der Waals surface area contributed by atoms with Gasteiger partial charge in [0.1, 0.15) is 11.1 Å². The molecule has 37 heavy (non-hydrogen) atoms. The van der Waals surface area contributed by atoms with Crippen LogP contribution >= 0.6 is 0 Å². The molecule has 0 aliphatic rings. The number of carbonyl (C=O) groups is 1. The van der Waals surface area contributed by atoms with Crippen LogP contribution in [-0.2, 0) is 26.5 Å². The number of rotatable bonds is 6. The van der Waals surface area contributed by atoms with Crippen molar-refractivity contribution in [2.24, 2.45) is 0 Å². The summed E-state index contributed by atoms with van der Waals surface area (Å²) in [7, 11) is 0. The van der Waals surface area contributed by atoms with E-state index in [4.69, 9.17) is 4.98 Å². The summed E-state index contributed by atoms with van der Waals surface area (Å²) in [5, 5.41) is 9.68. The number of aromatic carboxylic acids is 1. The van der Waals surface area contributed by atoms with Gasteiger partial charge >= 0.3 is 5.97 Å². The molecule has 2 aromatic heterocycles. The zero-order chi connectivity index (χ0) is 25.1. The number of nitrogens with zero attached hydrogens (tertiary/aromatic N) is 2. The van der Waals surface area contributed by atoms with Crippen LogP contribution in [0.3, 0.4) is 0 Å². The van der Waals surface area contributed by atoms with Crippen molar-refractivity contribution in [3.8, 4) is 11.3 Å². The maximum absolute atomic E-state index is 14.7. The van der Waals surface area contributed by atoms with Crippen LogP contribution in [0.4, 0.5) is 8.78 Å². The predicted octanol–water partition coefficient (Wildman–Crippen LogP) is 6.30. The van der Waals surface area contributed by atoms with Crippen molar-refractivity contribution >= 4 is 5.97 Å². The average Bonchev–Trinajstić information content (AvgIpc) is 2.91. The molecule has 0 saturated carbocycles. The van der Waals surface area contributed by atoms with E-state index in [-0.39, 0.29) is 38.0 Å². The van der Waals surface area contributed by atoms with Gasteiger partial charge in [0.05, 0.1) is 11.4 Å². The van der Waals surface area contributed by atoms with E-state index in [1.165, 1.54) is 6.07 Å². The van der Waals surface area contributed by atoms with Gasteiger partial charge in [0.25, 0.3) is 0 Å². The second kappa shape index (κ2) is 10.9. The van der Waals surface area contributed by atoms with Crippen molar-refractivity contribution in [1.82, 2.24) is 9.97 Å². The Morgan fingerprint density at radius 2 is 1.32 bits per heavy atom. The number of hydrogen-bond donors (Lipinski definition) is 1. The van der Waals surface area contributed by atoms with E-state index in [9.17, 15) is 18.7 Å². The molecule has 0 saturated heterocycles. The molecule has 4 nitrogen and oxygen atoms in total. The average molecular weight is 673 g/mol. The van der Waals surface area contributed by atoms with Gasteiger partial charge < -0.3 is 5.11 Å². The smallest absolute Gasteiger partial charge is 0.354 e. The molecule has 2 heterocycles. The Labute approximate surface area is 227 Å². The quantitative estimate of drug-likeness (QED) is 0.215. The molecule has 5 rings (SSSR count). The monoisotopic (exact) mass is 672 g/mol. The molecule has 0 aliphatic carbocycles. The number of carboxylic acids is 1. The number of benzene rings is 3. The molecule has 0 fully saturated rings. The summed E-state index contributed by atoms with van der Waals surface area (Å²) in [5.74, 6) is -2.67. The van der Waals surface area contributed by atoms with Crippen LogP contribution in [0.2, 0.25) is 0 Å². The summed E-state index contributed by atoms with van der Waals surface area (Å²) in [5.41, 5.74) is 1.55. The van der Waals surface area contributed by atoms with Crippen molar-refractivity contribution in [3.63, 3.8) is 0 Å². The number of hydrogen-bond acceptors (Lipinski definition) is 3. The Kier molecular flexibility index (Phi) is 7.70. The first-order chi connectivity index (χ1) is 17.5. The van der Waals surface area contributed by atoms with E-state index in [0.717, 1.165) is 23.3 Å². The molecule has 7 heteroatoms. The van der Waals surface area contributed by atoms with Gasteiger partial charge in [-0.2, -0.15) is 0 Å². The zero-order valence-electron chi connectivity index (χ0n) is 19.2. The van der Waals surface area contributed by atoms with Gasteiger partial charge in [-0.25, -0.2) is 9.78 Å². The first-order valence-electron chi connectivity index (χ1n) is 11.2. The second-order valence-corrected chi connectivity index (χ2v) is 8.14. The molecule has 5 aromatic rings. The van der Waals surface area contributed by atoms with Crippen molar-refractivity contribution in [2.75, 3.05) is 0 Å². The first kappa shape index (κ1) is 26.1. The molecule has 186 valence electrons. The number of pyridine rings is 2. The normalized spacial score (nSPS) is 11.0. The van der Waals surface area contributed by atoms with E-state index in [1.54, 1.807) is 30.3 Å². The van der Waals surface area contributed by atoms with Gasteiger partial charge in [-0.3, -0.25) is 13.8 Å². The van der Waals surface area contributed by atoms with Crippen LogP contribution in [0.1, 0.15) is 33.0 Å². The molecule has 3 aromatic carbocycles. The van der Waals surface area contributed by atoms with Crippen LogP contribution in [0.5, 0.6) is 0 Å². The summed E-state index contributed by atoms with van der Waals surface area (Å²) < 4.78 is 28.2. The summed E-state index contributed by atoms with van der Waals surface area (Å²) in [4.78, 5) is 21.2. The Morgan fingerprint density at radius 1 is 0.757 bits per heavy atom. The van der Waals surface area contributed by atoms with E-state index in [0.29, 0.717) is 11.4 Å². The minimum absolute atomic E-state index is 0. The van der Waals surface area contributed by atoms with Crippen LogP contribution in [-0.4, -0.2) is 21.0 Å². The molecular weight excluding hydrogens is 653 g/mol. The van der Waals surface area contributed by atoms with E-state index in [1.807, 2.05) is 60.7 Å². The van der Waals surface area contributed by atoms with Crippen LogP contribution in [0.15, 0.2) is 109 Å². The van der Waals surface area contributed by atoms with Crippen molar-refractivity contribution in [1.29, 1.82) is 0 Å². The fraction of sp³-hybridized carbons (Fsp3) is 0.0333. The Bertz CT molecular complexity index is 1510. The summed E-state index contributed by atoms with van der Waals surface area (Å²) in [6.07, 6.45) is 0. The molecule has 0 amide bonds. The Balaban J connectivity index is 0.00000320. The topological polar surface area (TPSA) is 63.1 Å². The fourth-order valence-corrected chi connectivity index (χ4v) is 4.45. The van der Waals surface area contributed by atoms with E-state index in [2.05, 4.69) is 11.1 Å². The number of halogens is 2. The molecule has 1 N–H and O–H groups in total. The van der Waals surface area contributed by atoms with Gasteiger partial charge in [0.15, 0.2) is 0 Å². The van der Waals surface area contributed by atoms with E-state index < -0.39 is 23.0 Å². The second-order valence-electron chi connectivity index (χ2n) is 8.14. The van der Waals surface area contributed by atoms with Gasteiger partial charge in [-0.1, -0.05) is 90.5 Å². The molecular formula is C30H19F2N2O2Pt-. The molecule has 0 unspecified atom stereocenters. The van der Waals surface area contributed by atoms with Crippen LogP contribution in [0.25, 0.3) is 11.3 Å². The standard InChI is InChI=1S/C30H19F2N2O2.Pt/c31-22-17-18-23(24(32)19-22)25-13-7-15-27(33-25)30(20-9-3-1-4-10-20,21-11-5-2-6-12-21)28-16-8-14-26(34-28)29(35)36;/h1-17,19H,(H,35,36);/q-1;. The third-order valence-corrected chi connectivity index (χ3v) is 6.01. The summed E-state index contributed by atoms with van der Waals surface area (Å²) in [6.45, 7) is 0. The number of aromatic nitrogens is 2. The van der Waals surface area contributed by atoms with E-state index >= 15 is 0 Å². The largest absolute Gasteiger partial charge is 0.477 e.